The van der Waals surface area contributed by atoms with Gasteiger partial charge >= 0.3 is 0 Å². The Morgan fingerprint density at radius 1 is 1.19 bits per heavy atom. The predicted molar refractivity (Wildman–Crippen MR) is 98.7 cm³/mol. The molecule has 4 aromatic rings. The largest absolute Gasteiger partial charge is 0.511 e. The smallest absolute Gasteiger partial charge is 0.185 e. The number of fused-ring (bicyclic) bond motifs is 3. The van der Waals surface area contributed by atoms with Gasteiger partial charge in [-0.15, -0.1) is 5.10 Å². The maximum Gasteiger partial charge on any atom is 0.185 e. The fraction of sp³-hybridized carbons (Fsp3) is 0.0556. The van der Waals surface area contributed by atoms with Gasteiger partial charge in [-0.25, -0.2) is 19.2 Å². The van der Waals surface area contributed by atoms with Crippen molar-refractivity contribution in [2.75, 3.05) is 0 Å². The quantitative estimate of drug-likeness (QED) is 0.576. The summed E-state index contributed by atoms with van der Waals surface area (Å²) in [5.41, 5.74) is 2.36. The Morgan fingerprint density at radius 3 is 2.89 bits per heavy atom. The van der Waals surface area contributed by atoms with Gasteiger partial charge in [0, 0.05) is 5.02 Å². The summed E-state index contributed by atoms with van der Waals surface area (Å²) < 4.78 is 3.19. The van der Waals surface area contributed by atoms with Crippen molar-refractivity contribution < 1.29 is 9.90 Å². The van der Waals surface area contributed by atoms with Gasteiger partial charge in [0.1, 0.15) is 12.1 Å². The zero-order chi connectivity index (χ0) is 18.5. The average molecular weight is 379 g/mol. The third-order valence-corrected chi connectivity index (χ3v) is 4.52. The van der Waals surface area contributed by atoms with Crippen LogP contribution in [0.5, 0.6) is 0 Å². The fourth-order valence-corrected chi connectivity index (χ4v) is 3.21. The monoisotopic (exact) mass is 378 g/mol. The van der Waals surface area contributed by atoms with Crippen LogP contribution in [0.2, 0.25) is 5.02 Å². The molecule has 0 bridgehead atoms. The van der Waals surface area contributed by atoms with Crippen molar-refractivity contribution in [3.8, 4) is 5.69 Å². The molecule has 1 aliphatic carbocycles. The number of ketones is 1. The summed E-state index contributed by atoms with van der Waals surface area (Å²) in [7, 11) is 0. The van der Waals surface area contributed by atoms with Crippen molar-refractivity contribution in [1.29, 1.82) is 0 Å². The molecule has 3 heterocycles. The SMILES string of the molecule is O=C1C=CC(c2nc3c4cnn(-c5cccc(Cl)c5)c4ncn3n2)=C(O)C1. The maximum atomic E-state index is 11.4. The number of halogens is 1. The third kappa shape index (κ3) is 2.49. The second-order valence-corrected chi connectivity index (χ2v) is 6.49. The Bertz CT molecular complexity index is 1300. The van der Waals surface area contributed by atoms with E-state index in [0.29, 0.717) is 33.1 Å². The average Bonchev–Trinajstić information content (AvgIpc) is 3.25. The summed E-state index contributed by atoms with van der Waals surface area (Å²) >= 11 is 6.07. The van der Waals surface area contributed by atoms with Gasteiger partial charge in [0.15, 0.2) is 22.9 Å². The van der Waals surface area contributed by atoms with E-state index in [1.807, 2.05) is 12.1 Å². The lowest BCUT2D eigenvalue weighted by molar-refractivity contribution is -0.114. The van der Waals surface area contributed by atoms with Crippen LogP contribution in [0.15, 0.2) is 54.7 Å². The summed E-state index contributed by atoms with van der Waals surface area (Å²) in [6, 6.07) is 7.30. The van der Waals surface area contributed by atoms with Crippen LogP contribution in [-0.2, 0) is 4.79 Å². The summed E-state index contributed by atoms with van der Waals surface area (Å²) in [5, 5.41) is 20.1. The number of aliphatic hydroxyl groups is 1. The molecule has 0 unspecified atom stereocenters. The third-order valence-electron chi connectivity index (χ3n) is 4.29. The van der Waals surface area contributed by atoms with Crippen LogP contribution in [0, 0.1) is 0 Å². The normalized spacial score (nSPS) is 14.6. The molecule has 0 saturated carbocycles. The second-order valence-electron chi connectivity index (χ2n) is 6.06. The van der Waals surface area contributed by atoms with Crippen molar-refractivity contribution in [2.24, 2.45) is 0 Å². The van der Waals surface area contributed by atoms with Gasteiger partial charge in [-0.1, -0.05) is 17.7 Å². The summed E-state index contributed by atoms with van der Waals surface area (Å²) in [4.78, 5) is 20.3. The van der Waals surface area contributed by atoms with Crippen LogP contribution in [0.1, 0.15) is 12.2 Å². The van der Waals surface area contributed by atoms with E-state index in [9.17, 15) is 9.90 Å². The van der Waals surface area contributed by atoms with Gasteiger partial charge < -0.3 is 5.11 Å². The van der Waals surface area contributed by atoms with Crippen molar-refractivity contribution >= 4 is 39.6 Å². The number of benzene rings is 1. The van der Waals surface area contributed by atoms with E-state index in [4.69, 9.17) is 11.6 Å². The van der Waals surface area contributed by atoms with E-state index < -0.39 is 0 Å². The van der Waals surface area contributed by atoms with Crippen LogP contribution in [0.25, 0.3) is 27.9 Å². The van der Waals surface area contributed by atoms with Crippen LogP contribution in [-0.4, -0.2) is 40.3 Å². The minimum absolute atomic E-state index is 0.0442. The Labute approximate surface area is 157 Å². The minimum atomic E-state index is -0.160. The highest BCUT2D eigenvalue weighted by molar-refractivity contribution is 6.30. The molecule has 0 fully saturated rings. The van der Waals surface area contributed by atoms with Gasteiger partial charge in [-0.3, -0.25) is 4.79 Å². The Kier molecular flexibility index (Phi) is 3.34. The van der Waals surface area contributed by atoms with Gasteiger partial charge in [0.25, 0.3) is 0 Å². The number of carbonyl (C=O) groups excluding carboxylic acids is 1. The lowest BCUT2D eigenvalue weighted by Gasteiger charge is -2.06. The predicted octanol–water partition coefficient (Wildman–Crippen LogP) is 2.91. The van der Waals surface area contributed by atoms with Crippen molar-refractivity contribution in [2.45, 2.75) is 6.42 Å². The Balaban J connectivity index is 1.69. The standard InChI is InChI=1S/C18H11ClN6O2/c19-10-2-1-3-11(6-10)25-17-14(8-21-25)18-22-16(23-24(18)9-20-17)13-5-4-12(26)7-15(13)27/h1-6,8-9,27H,7H2. The van der Waals surface area contributed by atoms with Gasteiger partial charge in [0.05, 0.1) is 29.3 Å². The van der Waals surface area contributed by atoms with Gasteiger partial charge in [0.2, 0.25) is 0 Å². The summed E-state index contributed by atoms with van der Waals surface area (Å²) in [6.07, 6.45) is 6.07. The first-order valence-electron chi connectivity index (χ1n) is 8.08. The van der Waals surface area contributed by atoms with Crippen LogP contribution < -0.4 is 0 Å². The molecule has 0 amide bonds. The van der Waals surface area contributed by atoms with Crippen LogP contribution in [0.3, 0.4) is 0 Å². The summed E-state index contributed by atoms with van der Waals surface area (Å²) in [5.74, 6) is 0.116. The topological polar surface area (TPSA) is 98.2 Å². The molecule has 8 nitrogen and oxygen atoms in total. The Morgan fingerprint density at radius 2 is 2.07 bits per heavy atom. The Hall–Kier alpha value is -3.52. The van der Waals surface area contributed by atoms with Crippen LogP contribution in [0.4, 0.5) is 0 Å². The molecule has 3 aromatic heterocycles. The molecular weight excluding hydrogens is 368 g/mol. The first-order valence-corrected chi connectivity index (χ1v) is 8.46. The molecule has 0 atom stereocenters. The number of hydrogen-bond donors (Lipinski definition) is 1. The number of nitrogens with zero attached hydrogens (tertiary/aromatic N) is 6. The maximum absolute atomic E-state index is 11.4. The molecule has 1 N–H and O–H groups in total. The minimum Gasteiger partial charge on any atom is -0.511 e. The molecule has 1 aromatic carbocycles. The lowest BCUT2D eigenvalue weighted by atomic mass is 10.0. The molecule has 9 heteroatoms. The van der Waals surface area contributed by atoms with E-state index in [-0.39, 0.29) is 18.0 Å². The molecule has 27 heavy (non-hydrogen) atoms. The number of aromatic nitrogens is 6. The number of carbonyl (C=O) groups is 1. The lowest BCUT2D eigenvalue weighted by Crippen LogP contribution is -2.04. The molecule has 0 saturated heterocycles. The van der Waals surface area contributed by atoms with Crippen molar-refractivity contribution in [3.63, 3.8) is 0 Å². The van der Waals surface area contributed by atoms with E-state index in [1.54, 1.807) is 23.0 Å². The first kappa shape index (κ1) is 15.7. The fourth-order valence-electron chi connectivity index (χ4n) is 3.03. The number of allylic oxidation sites excluding steroid dienone is 4. The van der Waals surface area contributed by atoms with E-state index in [2.05, 4.69) is 20.2 Å². The molecule has 0 aliphatic heterocycles. The highest BCUT2D eigenvalue weighted by atomic mass is 35.5. The number of rotatable bonds is 2. The molecule has 0 spiro atoms. The van der Waals surface area contributed by atoms with Gasteiger partial charge in [-0.2, -0.15) is 5.10 Å². The zero-order valence-electron chi connectivity index (χ0n) is 13.7. The molecule has 5 rings (SSSR count). The van der Waals surface area contributed by atoms with E-state index in [0.717, 1.165) is 5.69 Å². The van der Waals surface area contributed by atoms with Crippen molar-refractivity contribution in [1.82, 2.24) is 29.4 Å². The zero-order valence-corrected chi connectivity index (χ0v) is 14.5. The number of hydrogen-bond acceptors (Lipinski definition) is 6. The van der Waals surface area contributed by atoms with Gasteiger partial charge in [-0.05, 0) is 30.4 Å². The molecular formula is C18H11ClN6O2. The second kappa shape index (κ2) is 5.75. The van der Waals surface area contributed by atoms with E-state index >= 15 is 0 Å². The van der Waals surface area contributed by atoms with Crippen LogP contribution >= 0.6 is 11.6 Å². The van der Waals surface area contributed by atoms with E-state index in [1.165, 1.54) is 23.0 Å². The highest BCUT2D eigenvalue weighted by Gasteiger charge is 2.20. The molecule has 1 aliphatic rings. The number of aliphatic hydroxyl groups excluding tert-OH is 1. The molecule has 0 radical (unpaired) electrons. The van der Waals surface area contributed by atoms with Crippen molar-refractivity contribution in [3.05, 3.63) is 65.5 Å². The first-order chi connectivity index (χ1) is 13.1. The molecule has 132 valence electrons. The summed E-state index contributed by atoms with van der Waals surface area (Å²) in [6.45, 7) is 0. The highest BCUT2D eigenvalue weighted by Crippen LogP contribution is 2.25.